The Bertz CT molecular complexity index is 307. The molecule has 1 aromatic rings. The van der Waals surface area contributed by atoms with Gasteiger partial charge in [0.15, 0.2) is 11.5 Å². The number of hydrogen-bond acceptors (Lipinski definition) is 3. The second-order valence-corrected chi connectivity index (χ2v) is 3.61. The summed E-state index contributed by atoms with van der Waals surface area (Å²) in [6.45, 7) is 8.25. The van der Waals surface area contributed by atoms with Gasteiger partial charge < -0.3 is 14.2 Å². The number of benzene rings is 1. The van der Waals surface area contributed by atoms with Gasteiger partial charge in [0, 0.05) is 0 Å². The van der Waals surface area contributed by atoms with E-state index in [-0.39, 0.29) is 0 Å². The quantitative estimate of drug-likeness (QED) is 0.799. The van der Waals surface area contributed by atoms with Gasteiger partial charge in [0.1, 0.15) is 0 Å². The highest BCUT2D eigenvalue weighted by Crippen LogP contribution is 2.39. The molecule has 0 aromatic heterocycles. The molecular weight excluding hydrogens is 216 g/mol. The Hall–Kier alpha value is -1.38. The maximum Gasteiger partial charge on any atom is 0.203 e. The van der Waals surface area contributed by atoms with Crippen LogP contribution in [0.5, 0.6) is 17.2 Å². The second kappa shape index (κ2) is 7.82. The second-order valence-electron chi connectivity index (χ2n) is 3.61. The van der Waals surface area contributed by atoms with Crippen LogP contribution in [0.1, 0.15) is 39.2 Å². The van der Waals surface area contributed by atoms with E-state index in [9.17, 15) is 0 Å². The van der Waals surface area contributed by atoms with Gasteiger partial charge in [0.2, 0.25) is 5.75 Å². The van der Waals surface area contributed by atoms with Crippen LogP contribution >= 0.6 is 0 Å². The van der Waals surface area contributed by atoms with E-state index in [1.54, 1.807) is 21.3 Å². The molecule has 0 spiro atoms. The summed E-state index contributed by atoms with van der Waals surface area (Å²) in [5.41, 5.74) is 1.17. The van der Waals surface area contributed by atoms with Crippen molar-refractivity contribution < 1.29 is 14.2 Å². The molecule has 0 heterocycles. The summed E-state index contributed by atoms with van der Waals surface area (Å²) in [4.78, 5) is 0. The molecule has 0 aliphatic carbocycles. The molecule has 0 unspecified atom stereocenters. The monoisotopic (exact) mass is 240 g/mol. The Morgan fingerprint density at radius 3 is 1.47 bits per heavy atom. The zero-order valence-electron chi connectivity index (χ0n) is 12.0. The van der Waals surface area contributed by atoms with Crippen molar-refractivity contribution in [2.24, 2.45) is 0 Å². The lowest BCUT2D eigenvalue weighted by atomic mass is 10.0. The number of rotatable bonds is 4. The predicted molar refractivity (Wildman–Crippen MR) is 71.5 cm³/mol. The molecule has 0 atom stereocenters. The average Bonchev–Trinajstić information content (AvgIpc) is 2.38. The Balaban J connectivity index is 0.00000121. The Kier molecular flexibility index (Phi) is 7.19. The molecule has 98 valence electrons. The van der Waals surface area contributed by atoms with Crippen molar-refractivity contribution in [2.45, 2.75) is 33.6 Å². The molecule has 1 rings (SSSR count). The van der Waals surface area contributed by atoms with Crippen LogP contribution in [0.3, 0.4) is 0 Å². The molecule has 3 nitrogen and oxygen atoms in total. The van der Waals surface area contributed by atoms with Gasteiger partial charge in [-0.25, -0.2) is 0 Å². The summed E-state index contributed by atoms with van der Waals surface area (Å²) in [6, 6.07) is 3.96. The van der Waals surface area contributed by atoms with Crippen LogP contribution in [-0.2, 0) is 0 Å². The molecule has 0 saturated heterocycles. The largest absolute Gasteiger partial charge is 0.493 e. The fourth-order valence-electron chi connectivity index (χ4n) is 1.43. The van der Waals surface area contributed by atoms with Crippen molar-refractivity contribution in [3.05, 3.63) is 17.7 Å². The lowest BCUT2D eigenvalue weighted by molar-refractivity contribution is 0.323. The zero-order valence-corrected chi connectivity index (χ0v) is 12.0. The highest BCUT2D eigenvalue weighted by molar-refractivity contribution is 5.54. The van der Waals surface area contributed by atoms with Crippen molar-refractivity contribution >= 4 is 0 Å². The minimum absolute atomic E-state index is 0.429. The summed E-state index contributed by atoms with van der Waals surface area (Å²) in [5, 5.41) is 0. The van der Waals surface area contributed by atoms with E-state index in [1.165, 1.54) is 5.56 Å². The summed E-state index contributed by atoms with van der Waals surface area (Å²) in [6.07, 6.45) is 0. The van der Waals surface area contributed by atoms with Gasteiger partial charge in [-0.1, -0.05) is 27.7 Å². The van der Waals surface area contributed by atoms with Gasteiger partial charge in [0.05, 0.1) is 21.3 Å². The van der Waals surface area contributed by atoms with E-state index in [0.29, 0.717) is 23.2 Å². The summed E-state index contributed by atoms with van der Waals surface area (Å²) in [5.74, 6) is 2.49. The molecule has 0 bridgehead atoms. The maximum absolute atomic E-state index is 5.26. The first-order chi connectivity index (χ1) is 8.13. The molecule has 3 heteroatoms. The third-order valence-electron chi connectivity index (χ3n) is 2.35. The van der Waals surface area contributed by atoms with Gasteiger partial charge in [-0.05, 0) is 23.6 Å². The highest BCUT2D eigenvalue weighted by atomic mass is 16.5. The van der Waals surface area contributed by atoms with Crippen molar-refractivity contribution in [2.75, 3.05) is 21.3 Å². The molecule has 0 fully saturated rings. The van der Waals surface area contributed by atoms with Crippen molar-refractivity contribution in [1.29, 1.82) is 0 Å². The molecule has 0 radical (unpaired) electrons. The minimum Gasteiger partial charge on any atom is -0.493 e. The molecule has 0 aliphatic heterocycles. The number of hydrogen-bond donors (Lipinski definition) is 0. The topological polar surface area (TPSA) is 27.7 Å². The maximum atomic E-state index is 5.26. The first kappa shape index (κ1) is 15.6. The molecule has 17 heavy (non-hydrogen) atoms. The van der Waals surface area contributed by atoms with E-state index >= 15 is 0 Å². The first-order valence-electron chi connectivity index (χ1n) is 5.94. The van der Waals surface area contributed by atoms with Crippen molar-refractivity contribution in [1.82, 2.24) is 0 Å². The van der Waals surface area contributed by atoms with E-state index in [1.807, 2.05) is 26.0 Å². The van der Waals surface area contributed by atoms with Crippen LogP contribution in [0.4, 0.5) is 0 Å². The standard InChI is InChI=1S/C12H18O3.C2H6/c1-8(2)9-6-10(13-3)12(15-5)11(7-9)14-4;1-2/h6-8H,1-5H3;1-2H3. The van der Waals surface area contributed by atoms with Gasteiger partial charge in [-0.3, -0.25) is 0 Å². The molecular formula is C14H24O3. The van der Waals surface area contributed by atoms with Crippen LogP contribution in [0.25, 0.3) is 0 Å². The van der Waals surface area contributed by atoms with Crippen LogP contribution in [0.2, 0.25) is 0 Å². The molecule has 0 saturated carbocycles. The van der Waals surface area contributed by atoms with E-state index in [2.05, 4.69) is 13.8 Å². The molecule has 1 aromatic carbocycles. The smallest absolute Gasteiger partial charge is 0.203 e. The Labute approximate surface area is 105 Å². The third kappa shape index (κ3) is 3.84. The van der Waals surface area contributed by atoms with Crippen LogP contribution < -0.4 is 14.2 Å². The van der Waals surface area contributed by atoms with Crippen LogP contribution in [0.15, 0.2) is 12.1 Å². The number of methoxy groups -OCH3 is 3. The summed E-state index contributed by atoms with van der Waals surface area (Å²) in [7, 11) is 4.86. The van der Waals surface area contributed by atoms with E-state index < -0.39 is 0 Å². The Morgan fingerprint density at radius 1 is 0.824 bits per heavy atom. The van der Waals surface area contributed by atoms with Gasteiger partial charge in [-0.15, -0.1) is 0 Å². The first-order valence-corrected chi connectivity index (χ1v) is 5.94. The summed E-state index contributed by atoms with van der Waals surface area (Å²) >= 11 is 0. The fourth-order valence-corrected chi connectivity index (χ4v) is 1.43. The van der Waals surface area contributed by atoms with E-state index in [4.69, 9.17) is 14.2 Å². The molecule has 0 aliphatic rings. The van der Waals surface area contributed by atoms with Gasteiger partial charge in [0.25, 0.3) is 0 Å². The van der Waals surface area contributed by atoms with Crippen LogP contribution in [0, 0.1) is 0 Å². The Morgan fingerprint density at radius 2 is 1.24 bits per heavy atom. The predicted octanol–water partition coefficient (Wildman–Crippen LogP) is 3.86. The van der Waals surface area contributed by atoms with Crippen LogP contribution in [-0.4, -0.2) is 21.3 Å². The molecule has 0 N–H and O–H groups in total. The normalized spacial score (nSPS) is 9.41. The zero-order chi connectivity index (χ0) is 13.4. The number of ether oxygens (including phenoxy) is 3. The van der Waals surface area contributed by atoms with E-state index in [0.717, 1.165) is 0 Å². The average molecular weight is 240 g/mol. The molecule has 0 amide bonds. The third-order valence-corrected chi connectivity index (χ3v) is 2.35. The van der Waals surface area contributed by atoms with Crippen molar-refractivity contribution in [3.8, 4) is 17.2 Å². The SMILES string of the molecule is CC.COc1cc(C(C)C)cc(OC)c1OC. The van der Waals surface area contributed by atoms with Crippen molar-refractivity contribution in [3.63, 3.8) is 0 Å². The van der Waals surface area contributed by atoms with Gasteiger partial charge >= 0.3 is 0 Å². The lowest BCUT2D eigenvalue weighted by Gasteiger charge is -2.15. The fraction of sp³-hybridized carbons (Fsp3) is 0.571. The lowest BCUT2D eigenvalue weighted by Crippen LogP contribution is -1.97. The summed E-state index contributed by atoms with van der Waals surface area (Å²) < 4.78 is 15.8. The highest BCUT2D eigenvalue weighted by Gasteiger charge is 2.14. The minimum atomic E-state index is 0.429. The van der Waals surface area contributed by atoms with Gasteiger partial charge in [-0.2, -0.15) is 0 Å².